The van der Waals surface area contributed by atoms with E-state index in [1.807, 2.05) is 19.1 Å². The molecule has 0 aliphatic carbocycles. The zero-order chi connectivity index (χ0) is 14.7. The summed E-state index contributed by atoms with van der Waals surface area (Å²) in [5, 5.41) is 5.02. The summed E-state index contributed by atoms with van der Waals surface area (Å²) in [7, 11) is 0. The molecular formula is C16H19Cl2NS. The molecule has 1 N–H and O–H groups in total. The Morgan fingerprint density at radius 3 is 2.55 bits per heavy atom. The molecule has 1 heterocycles. The van der Waals surface area contributed by atoms with Gasteiger partial charge in [0.05, 0.1) is 0 Å². The quantitative estimate of drug-likeness (QED) is 0.700. The summed E-state index contributed by atoms with van der Waals surface area (Å²) >= 11 is 14.3. The van der Waals surface area contributed by atoms with Gasteiger partial charge < -0.3 is 5.32 Å². The molecule has 0 spiro atoms. The van der Waals surface area contributed by atoms with Gasteiger partial charge in [-0.1, -0.05) is 37.0 Å². The van der Waals surface area contributed by atoms with Gasteiger partial charge in [0.15, 0.2) is 0 Å². The molecule has 108 valence electrons. The lowest BCUT2D eigenvalue weighted by atomic mass is 10.1. The van der Waals surface area contributed by atoms with E-state index >= 15 is 0 Å². The molecule has 0 saturated carbocycles. The number of hydrogen-bond acceptors (Lipinski definition) is 2. The summed E-state index contributed by atoms with van der Waals surface area (Å²) in [5.74, 6) is 0. The van der Waals surface area contributed by atoms with Gasteiger partial charge in [-0.3, -0.25) is 0 Å². The second-order valence-corrected chi connectivity index (χ2v) is 6.73. The summed E-state index contributed by atoms with van der Waals surface area (Å²) < 4.78 is 0. The first kappa shape index (κ1) is 15.8. The Kier molecular flexibility index (Phi) is 5.50. The summed E-state index contributed by atoms with van der Waals surface area (Å²) in [5.41, 5.74) is 2.03. The molecule has 1 unspecified atom stereocenters. The zero-order valence-electron chi connectivity index (χ0n) is 12.0. The Morgan fingerprint density at radius 1 is 1.15 bits per heavy atom. The number of halogens is 2. The van der Waals surface area contributed by atoms with Gasteiger partial charge in [0, 0.05) is 31.4 Å². The van der Waals surface area contributed by atoms with Crippen LogP contribution >= 0.6 is 34.5 Å². The van der Waals surface area contributed by atoms with Crippen LogP contribution in [0.2, 0.25) is 10.0 Å². The fourth-order valence-corrected chi connectivity index (χ4v) is 3.95. The minimum atomic E-state index is 0.415. The molecule has 2 aromatic rings. The first-order valence-corrected chi connectivity index (χ1v) is 8.43. The molecule has 0 bridgehead atoms. The Bertz CT molecular complexity index is 592. The molecule has 0 fully saturated rings. The lowest BCUT2D eigenvalue weighted by molar-refractivity contribution is 0.545. The topological polar surface area (TPSA) is 12.0 Å². The van der Waals surface area contributed by atoms with E-state index in [1.165, 1.54) is 9.75 Å². The third-order valence-electron chi connectivity index (χ3n) is 3.34. The maximum Gasteiger partial charge on any atom is 0.0496 e. The van der Waals surface area contributed by atoms with E-state index in [1.54, 1.807) is 11.3 Å². The van der Waals surface area contributed by atoms with Crippen LogP contribution in [-0.4, -0.2) is 6.54 Å². The number of rotatable bonds is 5. The van der Waals surface area contributed by atoms with Crippen molar-refractivity contribution in [2.24, 2.45) is 0 Å². The molecule has 4 heteroatoms. The predicted molar refractivity (Wildman–Crippen MR) is 91.2 cm³/mol. The molecule has 0 radical (unpaired) electrons. The number of hydrogen-bond donors (Lipinski definition) is 1. The van der Waals surface area contributed by atoms with Gasteiger partial charge in [-0.25, -0.2) is 0 Å². The molecule has 1 atom stereocenters. The average Bonchev–Trinajstić information content (AvgIpc) is 2.89. The summed E-state index contributed by atoms with van der Waals surface area (Å²) in [6.45, 7) is 7.27. The number of thiophene rings is 1. The van der Waals surface area contributed by atoms with Crippen LogP contribution in [0.15, 0.2) is 24.3 Å². The third kappa shape index (κ3) is 3.37. The van der Waals surface area contributed by atoms with Crippen LogP contribution in [0, 0.1) is 6.92 Å². The van der Waals surface area contributed by atoms with Gasteiger partial charge in [-0.15, -0.1) is 11.3 Å². The van der Waals surface area contributed by atoms with Crippen molar-refractivity contribution >= 4 is 34.5 Å². The van der Waals surface area contributed by atoms with Gasteiger partial charge in [0.2, 0.25) is 0 Å². The number of benzene rings is 1. The Labute approximate surface area is 134 Å². The SMILES string of the molecule is CCNC(CC)c1ccc(-c2cc(Cl)c(C)cc2Cl)s1. The zero-order valence-corrected chi connectivity index (χ0v) is 14.3. The summed E-state index contributed by atoms with van der Waals surface area (Å²) in [6.07, 6.45) is 1.08. The Morgan fingerprint density at radius 2 is 1.90 bits per heavy atom. The van der Waals surface area contributed by atoms with Crippen LogP contribution in [0.25, 0.3) is 10.4 Å². The van der Waals surface area contributed by atoms with Gasteiger partial charge in [-0.2, -0.15) is 0 Å². The highest BCUT2D eigenvalue weighted by molar-refractivity contribution is 7.15. The van der Waals surface area contributed by atoms with Crippen LogP contribution < -0.4 is 5.32 Å². The van der Waals surface area contributed by atoms with Crippen molar-refractivity contribution in [2.75, 3.05) is 6.54 Å². The van der Waals surface area contributed by atoms with Crippen molar-refractivity contribution in [3.63, 3.8) is 0 Å². The first-order valence-electron chi connectivity index (χ1n) is 6.85. The van der Waals surface area contributed by atoms with Crippen molar-refractivity contribution in [2.45, 2.75) is 33.2 Å². The predicted octanol–water partition coefficient (Wildman–Crippen LogP) is 6.09. The Hall–Kier alpha value is -0.540. The largest absolute Gasteiger partial charge is 0.310 e. The highest BCUT2D eigenvalue weighted by Gasteiger charge is 2.14. The highest BCUT2D eigenvalue weighted by Crippen LogP contribution is 2.38. The monoisotopic (exact) mass is 327 g/mol. The van der Waals surface area contributed by atoms with E-state index in [9.17, 15) is 0 Å². The number of aryl methyl sites for hydroxylation is 1. The first-order chi connectivity index (χ1) is 9.56. The van der Waals surface area contributed by atoms with E-state index in [-0.39, 0.29) is 0 Å². The second kappa shape index (κ2) is 6.95. The molecule has 1 aromatic heterocycles. The van der Waals surface area contributed by atoms with E-state index in [2.05, 4.69) is 31.3 Å². The van der Waals surface area contributed by atoms with Crippen molar-refractivity contribution in [1.29, 1.82) is 0 Å². The molecule has 1 nitrogen and oxygen atoms in total. The third-order valence-corrected chi connectivity index (χ3v) is 5.29. The maximum absolute atomic E-state index is 6.35. The van der Waals surface area contributed by atoms with Crippen molar-refractivity contribution in [1.82, 2.24) is 5.32 Å². The van der Waals surface area contributed by atoms with Crippen molar-refractivity contribution in [3.05, 3.63) is 44.8 Å². The second-order valence-electron chi connectivity index (χ2n) is 4.80. The van der Waals surface area contributed by atoms with E-state index in [4.69, 9.17) is 23.2 Å². The minimum Gasteiger partial charge on any atom is -0.310 e. The summed E-state index contributed by atoms with van der Waals surface area (Å²) in [4.78, 5) is 2.51. The maximum atomic E-state index is 6.35. The van der Waals surface area contributed by atoms with Crippen LogP contribution in [0.4, 0.5) is 0 Å². The lowest BCUT2D eigenvalue weighted by Gasteiger charge is -2.13. The number of nitrogens with one attached hydrogen (secondary N) is 1. The van der Waals surface area contributed by atoms with Gasteiger partial charge >= 0.3 is 0 Å². The smallest absolute Gasteiger partial charge is 0.0496 e. The molecule has 0 aliphatic rings. The molecular weight excluding hydrogens is 309 g/mol. The fraction of sp³-hybridized carbons (Fsp3) is 0.375. The molecule has 0 aliphatic heterocycles. The van der Waals surface area contributed by atoms with Crippen LogP contribution in [0.1, 0.15) is 36.8 Å². The van der Waals surface area contributed by atoms with Crippen LogP contribution in [0.5, 0.6) is 0 Å². The van der Waals surface area contributed by atoms with Crippen LogP contribution in [0.3, 0.4) is 0 Å². The van der Waals surface area contributed by atoms with Gasteiger partial charge in [-0.05, 0) is 49.7 Å². The van der Waals surface area contributed by atoms with Crippen molar-refractivity contribution in [3.8, 4) is 10.4 Å². The molecule has 1 aromatic carbocycles. The van der Waals surface area contributed by atoms with Gasteiger partial charge in [0.1, 0.15) is 0 Å². The average molecular weight is 328 g/mol. The van der Waals surface area contributed by atoms with E-state index in [0.29, 0.717) is 6.04 Å². The fourth-order valence-electron chi connectivity index (χ4n) is 2.21. The van der Waals surface area contributed by atoms with E-state index < -0.39 is 0 Å². The molecule has 2 rings (SSSR count). The summed E-state index contributed by atoms with van der Waals surface area (Å²) in [6, 6.07) is 8.62. The molecule has 0 saturated heterocycles. The van der Waals surface area contributed by atoms with E-state index in [0.717, 1.165) is 34.1 Å². The normalized spacial score (nSPS) is 12.7. The Balaban J connectivity index is 2.35. The van der Waals surface area contributed by atoms with Crippen LogP contribution in [-0.2, 0) is 0 Å². The molecule has 0 amide bonds. The lowest BCUT2D eigenvalue weighted by Crippen LogP contribution is -2.18. The van der Waals surface area contributed by atoms with Gasteiger partial charge in [0.25, 0.3) is 0 Å². The molecule has 20 heavy (non-hydrogen) atoms. The minimum absolute atomic E-state index is 0.415. The standard InChI is InChI=1S/C16H19Cl2NS/c1-4-14(19-5-2)16-7-6-15(20-16)11-9-12(17)10(3)8-13(11)18/h6-9,14,19H,4-5H2,1-3H3. The highest BCUT2D eigenvalue weighted by atomic mass is 35.5. The van der Waals surface area contributed by atoms with Crippen molar-refractivity contribution < 1.29 is 0 Å².